The van der Waals surface area contributed by atoms with Crippen LogP contribution in [0.5, 0.6) is 0 Å². The van der Waals surface area contributed by atoms with Crippen molar-refractivity contribution >= 4 is 11.9 Å². The molecule has 0 aliphatic heterocycles. The maximum atomic E-state index is 12.4. The number of amides is 1. The Balaban J connectivity index is 3.26. The van der Waals surface area contributed by atoms with E-state index in [1.807, 2.05) is 0 Å². The lowest BCUT2D eigenvalue weighted by molar-refractivity contribution is -0.143. The molecule has 2 atom stereocenters. The van der Waals surface area contributed by atoms with Crippen LogP contribution in [-0.2, 0) is 14.3 Å². The molecule has 3 N–H and O–H groups in total. The summed E-state index contributed by atoms with van der Waals surface area (Å²) in [5.41, 5.74) is 0. The first-order valence-electron chi connectivity index (χ1n) is 35.4. The predicted molar refractivity (Wildman–Crippen MR) is 338 cm³/mol. The third-order valence-corrected chi connectivity index (χ3v) is 16.8. The van der Waals surface area contributed by atoms with E-state index in [4.69, 9.17) is 4.74 Å². The van der Waals surface area contributed by atoms with E-state index in [2.05, 4.69) is 31.3 Å². The molecule has 0 saturated heterocycles. The number of nitrogens with one attached hydrogen (secondary N) is 1. The minimum absolute atomic E-state index is 0.0154. The van der Waals surface area contributed by atoms with Crippen LogP contribution in [0.15, 0.2) is 12.2 Å². The van der Waals surface area contributed by atoms with Crippen LogP contribution >= 0.6 is 0 Å². The summed E-state index contributed by atoms with van der Waals surface area (Å²) >= 11 is 0. The van der Waals surface area contributed by atoms with Gasteiger partial charge < -0.3 is 20.3 Å². The van der Waals surface area contributed by atoms with E-state index < -0.39 is 12.1 Å². The molecule has 2 unspecified atom stereocenters. The number of esters is 1. The van der Waals surface area contributed by atoms with Gasteiger partial charge >= 0.3 is 5.97 Å². The van der Waals surface area contributed by atoms with Crippen molar-refractivity contribution in [1.82, 2.24) is 5.32 Å². The van der Waals surface area contributed by atoms with E-state index in [-0.39, 0.29) is 18.5 Å². The molecule has 6 nitrogen and oxygen atoms in total. The van der Waals surface area contributed by atoms with Crippen molar-refractivity contribution in [3.05, 3.63) is 12.2 Å². The molecule has 0 fully saturated rings. The average molecular weight is 1090 g/mol. The summed E-state index contributed by atoms with van der Waals surface area (Å²) in [6.45, 7) is 4.95. The van der Waals surface area contributed by atoms with Gasteiger partial charge in [0.15, 0.2) is 0 Å². The van der Waals surface area contributed by atoms with Crippen molar-refractivity contribution in [3.63, 3.8) is 0 Å². The highest BCUT2D eigenvalue weighted by atomic mass is 16.5. The quantitative estimate of drug-likeness (QED) is 0.0320. The molecular weight excluding hydrogens is 947 g/mol. The fraction of sp³-hybridized carbons (Fsp3) is 0.944. The number of aliphatic hydroxyl groups excluding tert-OH is 2. The van der Waals surface area contributed by atoms with Crippen LogP contribution in [0.3, 0.4) is 0 Å². The van der Waals surface area contributed by atoms with E-state index in [1.165, 1.54) is 327 Å². The maximum absolute atomic E-state index is 12.4. The van der Waals surface area contributed by atoms with Crippen molar-refractivity contribution in [2.24, 2.45) is 0 Å². The zero-order valence-corrected chi connectivity index (χ0v) is 52.5. The lowest BCUT2D eigenvalue weighted by atomic mass is 10.0. The molecule has 1 amide bonds. The van der Waals surface area contributed by atoms with E-state index in [1.54, 1.807) is 0 Å². The van der Waals surface area contributed by atoms with Crippen molar-refractivity contribution in [1.29, 1.82) is 0 Å². The molecule has 0 aromatic heterocycles. The molecule has 77 heavy (non-hydrogen) atoms. The van der Waals surface area contributed by atoms with Crippen LogP contribution in [-0.4, -0.2) is 47.4 Å². The number of unbranched alkanes of at least 4 members (excludes halogenated alkanes) is 54. The van der Waals surface area contributed by atoms with Gasteiger partial charge in [-0.3, -0.25) is 9.59 Å². The highest BCUT2D eigenvalue weighted by Gasteiger charge is 2.20. The van der Waals surface area contributed by atoms with E-state index in [0.717, 1.165) is 44.9 Å². The first-order valence-corrected chi connectivity index (χ1v) is 35.4. The number of allylic oxidation sites excluding steroid dienone is 2. The third kappa shape index (κ3) is 63.6. The third-order valence-electron chi connectivity index (χ3n) is 16.8. The van der Waals surface area contributed by atoms with E-state index >= 15 is 0 Å². The topological polar surface area (TPSA) is 95.9 Å². The van der Waals surface area contributed by atoms with Crippen LogP contribution in [0.25, 0.3) is 0 Å². The van der Waals surface area contributed by atoms with Crippen molar-refractivity contribution in [2.45, 2.75) is 418 Å². The zero-order valence-electron chi connectivity index (χ0n) is 52.5. The van der Waals surface area contributed by atoms with Crippen molar-refractivity contribution in [2.75, 3.05) is 13.2 Å². The van der Waals surface area contributed by atoms with E-state index in [9.17, 15) is 19.8 Å². The Morgan fingerprint density at radius 2 is 0.610 bits per heavy atom. The molecule has 0 heterocycles. The second-order valence-electron chi connectivity index (χ2n) is 24.6. The molecule has 458 valence electrons. The highest BCUT2D eigenvalue weighted by Crippen LogP contribution is 2.19. The van der Waals surface area contributed by atoms with Crippen LogP contribution in [0.2, 0.25) is 0 Å². The predicted octanol–water partition coefficient (Wildman–Crippen LogP) is 22.8. The second kappa shape index (κ2) is 67.1. The van der Waals surface area contributed by atoms with Crippen LogP contribution in [0.1, 0.15) is 406 Å². The Labute approximate surface area is 482 Å². The van der Waals surface area contributed by atoms with Gasteiger partial charge in [-0.05, 0) is 51.4 Å². The summed E-state index contributed by atoms with van der Waals surface area (Å²) in [6, 6.07) is -0.534. The Hall–Kier alpha value is -1.40. The van der Waals surface area contributed by atoms with Gasteiger partial charge in [0.25, 0.3) is 0 Å². The Morgan fingerprint density at radius 1 is 0.351 bits per heavy atom. The molecule has 0 rings (SSSR count). The largest absolute Gasteiger partial charge is 0.466 e. The molecule has 0 aromatic carbocycles. The first kappa shape index (κ1) is 75.6. The van der Waals surface area contributed by atoms with Gasteiger partial charge in [0.05, 0.1) is 25.4 Å². The molecule has 0 aliphatic rings. The van der Waals surface area contributed by atoms with E-state index in [0.29, 0.717) is 25.9 Å². The molecule has 6 heteroatoms. The van der Waals surface area contributed by atoms with Crippen LogP contribution in [0.4, 0.5) is 0 Å². The second-order valence-corrected chi connectivity index (χ2v) is 24.6. The molecule has 0 aliphatic carbocycles. The lowest BCUT2D eigenvalue weighted by Crippen LogP contribution is -2.45. The van der Waals surface area contributed by atoms with Gasteiger partial charge in [-0.25, -0.2) is 0 Å². The monoisotopic (exact) mass is 1090 g/mol. The number of carbonyl (C=O) groups is 2. The normalized spacial score (nSPS) is 12.5. The number of aliphatic hydroxyl groups is 2. The fourth-order valence-corrected chi connectivity index (χ4v) is 11.4. The van der Waals surface area contributed by atoms with Crippen LogP contribution in [0, 0.1) is 0 Å². The molecule has 0 radical (unpaired) electrons. The summed E-state index contributed by atoms with van der Waals surface area (Å²) in [6.07, 6.45) is 83.0. The zero-order chi connectivity index (χ0) is 55.7. The minimum Gasteiger partial charge on any atom is -0.466 e. The van der Waals surface area contributed by atoms with Crippen molar-refractivity contribution in [3.8, 4) is 0 Å². The first-order chi connectivity index (χ1) is 38.0. The standard InChI is InChI=1S/C71H139NO5/c1-3-5-7-9-11-13-14-15-42-45-49-53-57-61-65-71(76)77-66-62-58-54-50-46-43-40-38-36-34-32-30-28-26-24-22-20-18-16-17-19-21-23-25-27-29-31-33-35-37-39-41-44-48-52-56-60-64-70(75)72-68(67-73)69(74)63-59-55-51-47-12-10-8-6-4-2/h14-15,68-69,73-74H,3-13,16-67H2,1-2H3,(H,72,75)/b15-14-. The summed E-state index contributed by atoms with van der Waals surface area (Å²) in [5.74, 6) is -0.0141. The lowest BCUT2D eigenvalue weighted by Gasteiger charge is -2.22. The number of rotatable bonds is 67. The summed E-state index contributed by atoms with van der Waals surface area (Å²) in [4.78, 5) is 24.5. The van der Waals surface area contributed by atoms with Gasteiger partial charge in [-0.15, -0.1) is 0 Å². The fourth-order valence-electron chi connectivity index (χ4n) is 11.4. The molecular formula is C71H139NO5. The smallest absolute Gasteiger partial charge is 0.305 e. The summed E-state index contributed by atoms with van der Waals surface area (Å²) in [5, 5.41) is 23.1. The van der Waals surface area contributed by atoms with Gasteiger partial charge in [0, 0.05) is 12.8 Å². The Kier molecular flexibility index (Phi) is 65.9. The van der Waals surface area contributed by atoms with Gasteiger partial charge in [-0.1, -0.05) is 353 Å². The summed E-state index contributed by atoms with van der Waals surface area (Å²) in [7, 11) is 0. The van der Waals surface area contributed by atoms with Crippen LogP contribution < -0.4 is 5.32 Å². The Morgan fingerprint density at radius 3 is 0.922 bits per heavy atom. The maximum Gasteiger partial charge on any atom is 0.305 e. The number of carbonyl (C=O) groups excluding carboxylic acids is 2. The average Bonchev–Trinajstić information content (AvgIpc) is 3.43. The molecule has 0 saturated carbocycles. The SMILES string of the molecule is CCCCCCC/C=C\CCCCCCCC(=O)OCCCCCCCCCCCCCCCCCCCCCCCCCCCCCCCCCCCCCCCC(=O)NC(CO)C(O)CCCCCCCCCCC. The van der Waals surface area contributed by atoms with Gasteiger partial charge in [0.1, 0.15) is 0 Å². The summed E-state index contributed by atoms with van der Waals surface area (Å²) < 4.78 is 5.49. The molecule has 0 aromatic rings. The molecule has 0 bridgehead atoms. The number of hydrogen-bond donors (Lipinski definition) is 3. The Bertz CT molecular complexity index is 1160. The number of ether oxygens (including phenoxy) is 1. The van der Waals surface area contributed by atoms with Gasteiger partial charge in [0.2, 0.25) is 5.91 Å². The van der Waals surface area contributed by atoms with Crippen molar-refractivity contribution < 1.29 is 24.5 Å². The van der Waals surface area contributed by atoms with Gasteiger partial charge in [-0.2, -0.15) is 0 Å². The number of hydrogen-bond acceptors (Lipinski definition) is 5. The highest BCUT2D eigenvalue weighted by molar-refractivity contribution is 5.76. The minimum atomic E-state index is -0.657. The molecule has 0 spiro atoms.